The Bertz CT molecular complexity index is 1170. The summed E-state index contributed by atoms with van der Waals surface area (Å²) in [6.07, 6.45) is 2.12. The molecule has 178 valence electrons. The standard InChI is InChI=1S/C24H25ClN4O5/c1-24(32,14-30)15-34-21-13-18(8-9-26-21)27-23(31)29-10-3-11-33-20-7-6-19(28-22(20)29)16-4-2-5-17(25)12-16/h2,4-9,12-13,30,32H,3,10-11,14-15H2,1H3,(H,26,27,31). The van der Waals surface area contributed by atoms with E-state index in [-0.39, 0.29) is 18.5 Å². The van der Waals surface area contributed by atoms with Crippen LogP contribution in [-0.4, -0.2) is 58.2 Å². The Morgan fingerprint density at radius 2 is 2.15 bits per heavy atom. The molecule has 0 fully saturated rings. The predicted octanol–water partition coefficient (Wildman–Crippen LogP) is 3.74. The van der Waals surface area contributed by atoms with E-state index in [2.05, 4.69) is 10.3 Å². The van der Waals surface area contributed by atoms with Crippen LogP contribution in [0.15, 0.2) is 54.7 Å². The molecule has 2 aromatic heterocycles. The number of carbonyl (C=O) groups is 1. The molecular formula is C24H25ClN4O5. The Balaban J connectivity index is 1.55. The Labute approximate surface area is 201 Å². The second-order valence-electron chi connectivity index (χ2n) is 8.14. The summed E-state index contributed by atoms with van der Waals surface area (Å²) in [5, 5.41) is 22.5. The highest BCUT2D eigenvalue weighted by atomic mass is 35.5. The number of hydrogen-bond donors (Lipinski definition) is 3. The van der Waals surface area contributed by atoms with E-state index in [0.29, 0.717) is 47.5 Å². The molecule has 34 heavy (non-hydrogen) atoms. The first-order valence-corrected chi connectivity index (χ1v) is 11.1. The van der Waals surface area contributed by atoms with E-state index in [1.54, 1.807) is 18.2 Å². The van der Waals surface area contributed by atoms with Crippen molar-refractivity contribution in [2.24, 2.45) is 0 Å². The van der Waals surface area contributed by atoms with Crippen LogP contribution in [0.4, 0.5) is 16.3 Å². The lowest BCUT2D eigenvalue weighted by atomic mass is 10.1. The molecule has 0 radical (unpaired) electrons. The fraction of sp³-hybridized carbons (Fsp3) is 0.292. The van der Waals surface area contributed by atoms with Gasteiger partial charge < -0.3 is 25.0 Å². The van der Waals surface area contributed by atoms with Gasteiger partial charge in [-0.05, 0) is 43.7 Å². The molecule has 3 N–H and O–H groups in total. The molecule has 4 rings (SSSR count). The van der Waals surface area contributed by atoms with Gasteiger partial charge in [-0.1, -0.05) is 23.7 Å². The summed E-state index contributed by atoms with van der Waals surface area (Å²) in [4.78, 5) is 23.5. The number of nitrogens with one attached hydrogen (secondary N) is 1. The first kappa shape index (κ1) is 23.7. The Morgan fingerprint density at radius 1 is 1.29 bits per heavy atom. The van der Waals surface area contributed by atoms with Crippen LogP contribution in [0.2, 0.25) is 5.02 Å². The van der Waals surface area contributed by atoms with Gasteiger partial charge in [0.1, 0.15) is 12.2 Å². The Hall–Kier alpha value is -3.40. The number of benzene rings is 1. The molecule has 1 unspecified atom stereocenters. The smallest absolute Gasteiger partial charge is 0.327 e. The first-order chi connectivity index (χ1) is 16.3. The van der Waals surface area contributed by atoms with Gasteiger partial charge >= 0.3 is 6.03 Å². The summed E-state index contributed by atoms with van der Waals surface area (Å²) in [7, 11) is 0. The van der Waals surface area contributed by atoms with Gasteiger partial charge in [0.15, 0.2) is 11.6 Å². The van der Waals surface area contributed by atoms with Crippen molar-refractivity contribution in [3.05, 3.63) is 59.8 Å². The van der Waals surface area contributed by atoms with Crippen molar-refractivity contribution < 1.29 is 24.5 Å². The molecule has 3 heterocycles. The minimum absolute atomic E-state index is 0.152. The highest BCUT2D eigenvalue weighted by molar-refractivity contribution is 6.30. The van der Waals surface area contributed by atoms with Crippen LogP contribution in [0.5, 0.6) is 11.6 Å². The molecule has 3 aromatic rings. The number of halogens is 1. The second kappa shape index (κ2) is 10.3. The maximum atomic E-state index is 13.2. The fourth-order valence-corrected chi connectivity index (χ4v) is 3.48. The van der Waals surface area contributed by atoms with Gasteiger partial charge in [-0.25, -0.2) is 14.8 Å². The van der Waals surface area contributed by atoms with Crippen molar-refractivity contribution in [3.63, 3.8) is 0 Å². The number of anilines is 2. The van der Waals surface area contributed by atoms with Crippen molar-refractivity contribution in [1.82, 2.24) is 9.97 Å². The van der Waals surface area contributed by atoms with E-state index in [0.717, 1.165) is 5.56 Å². The van der Waals surface area contributed by atoms with Crippen LogP contribution in [0.3, 0.4) is 0 Å². The summed E-state index contributed by atoms with van der Waals surface area (Å²) in [5.74, 6) is 1.13. The lowest BCUT2D eigenvalue weighted by Crippen LogP contribution is -2.36. The van der Waals surface area contributed by atoms with E-state index >= 15 is 0 Å². The molecule has 9 nitrogen and oxygen atoms in total. The molecule has 10 heteroatoms. The van der Waals surface area contributed by atoms with Crippen LogP contribution in [-0.2, 0) is 0 Å². The molecule has 1 atom stereocenters. The number of urea groups is 1. The van der Waals surface area contributed by atoms with Crippen molar-refractivity contribution in [2.75, 3.05) is 36.6 Å². The number of aliphatic hydroxyl groups is 2. The van der Waals surface area contributed by atoms with Gasteiger partial charge in [0, 0.05) is 35.1 Å². The highest BCUT2D eigenvalue weighted by Gasteiger charge is 2.25. The van der Waals surface area contributed by atoms with E-state index < -0.39 is 12.2 Å². The van der Waals surface area contributed by atoms with E-state index in [1.807, 2.05) is 24.3 Å². The van der Waals surface area contributed by atoms with Crippen LogP contribution in [0.1, 0.15) is 13.3 Å². The maximum Gasteiger partial charge on any atom is 0.327 e. The summed E-state index contributed by atoms with van der Waals surface area (Å²) < 4.78 is 11.3. The van der Waals surface area contributed by atoms with Crippen molar-refractivity contribution in [3.8, 4) is 22.9 Å². The van der Waals surface area contributed by atoms with Gasteiger partial charge in [-0.3, -0.25) is 4.90 Å². The number of ether oxygens (including phenoxy) is 2. The summed E-state index contributed by atoms with van der Waals surface area (Å²) in [6, 6.07) is 13.7. The molecule has 0 aliphatic carbocycles. The molecule has 1 aromatic carbocycles. The van der Waals surface area contributed by atoms with Gasteiger partial charge in [-0.2, -0.15) is 0 Å². The minimum Gasteiger partial charge on any atom is -0.490 e. The summed E-state index contributed by atoms with van der Waals surface area (Å²) in [6.45, 7) is 1.72. The molecule has 1 aliphatic heterocycles. The molecule has 0 saturated heterocycles. The largest absolute Gasteiger partial charge is 0.490 e. The van der Waals surface area contributed by atoms with Crippen molar-refractivity contribution in [2.45, 2.75) is 18.9 Å². The molecule has 1 aliphatic rings. The quantitative estimate of drug-likeness (QED) is 0.488. The van der Waals surface area contributed by atoms with E-state index in [4.69, 9.17) is 31.2 Å². The number of hydrogen-bond acceptors (Lipinski definition) is 7. The maximum absolute atomic E-state index is 13.2. The van der Waals surface area contributed by atoms with Crippen LogP contribution in [0, 0.1) is 0 Å². The molecule has 0 spiro atoms. The molecule has 0 bridgehead atoms. The lowest BCUT2D eigenvalue weighted by Gasteiger charge is -2.22. The highest BCUT2D eigenvalue weighted by Crippen LogP contribution is 2.33. The van der Waals surface area contributed by atoms with Gasteiger partial charge in [0.05, 0.1) is 18.9 Å². The zero-order valence-electron chi connectivity index (χ0n) is 18.6. The number of nitrogens with zero attached hydrogens (tertiary/aromatic N) is 3. The number of aliphatic hydroxyl groups excluding tert-OH is 1. The third kappa shape index (κ3) is 5.74. The average molecular weight is 485 g/mol. The Kier molecular flexibility index (Phi) is 7.16. The predicted molar refractivity (Wildman–Crippen MR) is 129 cm³/mol. The Morgan fingerprint density at radius 3 is 2.94 bits per heavy atom. The number of aromatic nitrogens is 2. The molecule has 2 amide bonds. The number of pyridine rings is 2. The summed E-state index contributed by atoms with van der Waals surface area (Å²) in [5.41, 5.74) is 0.550. The van der Waals surface area contributed by atoms with Crippen LogP contribution < -0.4 is 19.7 Å². The normalized spacial score (nSPS) is 14.9. The van der Waals surface area contributed by atoms with E-state index in [1.165, 1.54) is 24.1 Å². The minimum atomic E-state index is -1.40. The van der Waals surface area contributed by atoms with Gasteiger partial charge in [-0.15, -0.1) is 0 Å². The average Bonchev–Trinajstić information content (AvgIpc) is 3.05. The SMILES string of the molecule is CC(O)(CO)COc1cc(NC(=O)N2CCCOc3ccc(-c4cccc(Cl)c4)nc32)ccn1. The number of carbonyl (C=O) groups excluding carboxylic acids is 1. The molecule has 0 saturated carbocycles. The van der Waals surface area contributed by atoms with Gasteiger partial charge in [0.2, 0.25) is 5.88 Å². The van der Waals surface area contributed by atoms with Crippen LogP contribution in [0.25, 0.3) is 11.3 Å². The fourth-order valence-electron chi connectivity index (χ4n) is 3.29. The van der Waals surface area contributed by atoms with E-state index in [9.17, 15) is 9.90 Å². The lowest BCUT2D eigenvalue weighted by molar-refractivity contribution is -0.0334. The van der Waals surface area contributed by atoms with Crippen LogP contribution >= 0.6 is 11.6 Å². The zero-order chi connectivity index (χ0) is 24.1. The third-order valence-electron chi connectivity index (χ3n) is 5.10. The van der Waals surface area contributed by atoms with Crippen molar-refractivity contribution >= 4 is 29.1 Å². The first-order valence-electron chi connectivity index (χ1n) is 10.7. The number of amides is 2. The van der Waals surface area contributed by atoms with Crippen molar-refractivity contribution in [1.29, 1.82) is 0 Å². The molecular weight excluding hydrogens is 460 g/mol. The third-order valence-corrected chi connectivity index (χ3v) is 5.34. The zero-order valence-corrected chi connectivity index (χ0v) is 19.3. The second-order valence-corrected chi connectivity index (χ2v) is 8.58. The number of fused-ring (bicyclic) bond motifs is 1. The van der Waals surface area contributed by atoms with Gasteiger partial charge in [0.25, 0.3) is 0 Å². The summed E-state index contributed by atoms with van der Waals surface area (Å²) >= 11 is 6.13. The number of rotatable bonds is 6. The topological polar surface area (TPSA) is 117 Å². The monoisotopic (exact) mass is 484 g/mol.